The summed E-state index contributed by atoms with van der Waals surface area (Å²) >= 11 is 0. The molecule has 0 unspecified atom stereocenters. The lowest BCUT2D eigenvalue weighted by Crippen LogP contribution is -2.28. The van der Waals surface area contributed by atoms with Crippen LogP contribution in [0.25, 0.3) is 78.4 Å². The molecule has 0 bridgehead atoms. The zero-order valence-electron chi connectivity index (χ0n) is 33.5. The van der Waals surface area contributed by atoms with E-state index in [9.17, 15) is 0 Å². The quantitative estimate of drug-likeness (QED) is 0.154. The highest BCUT2D eigenvalue weighted by Gasteiger charge is 2.46. The monoisotopic (exact) mass is 776 g/mol. The van der Waals surface area contributed by atoms with E-state index in [0.29, 0.717) is 5.82 Å². The van der Waals surface area contributed by atoms with Gasteiger partial charge in [-0.1, -0.05) is 218 Å². The summed E-state index contributed by atoms with van der Waals surface area (Å²) in [5, 5.41) is 0. The van der Waals surface area contributed by atoms with Crippen LogP contribution in [0.4, 0.5) is 0 Å². The summed E-state index contributed by atoms with van der Waals surface area (Å²) < 4.78 is 0. The number of benzene rings is 9. The van der Waals surface area contributed by atoms with Crippen LogP contribution in [-0.4, -0.2) is 9.97 Å². The van der Waals surface area contributed by atoms with Crippen molar-refractivity contribution in [2.24, 2.45) is 0 Å². The van der Waals surface area contributed by atoms with E-state index in [-0.39, 0.29) is 0 Å². The Labute approximate surface area is 357 Å². The fraction of sp³-hybridized carbons (Fsp3) is 0.0169. The van der Waals surface area contributed by atoms with Crippen LogP contribution in [0, 0.1) is 0 Å². The Morgan fingerprint density at radius 2 is 0.656 bits per heavy atom. The molecule has 0 saturated heterocycles. The maximum Gasteiger partial charge on any atom is 0.160 e. The third-order valence-electron chi connectivity index (χ3n) is 12.2. The van der Waals surface area contributed by atoms with Crippen LogP contribution >= 0.6 is 0 Å². The van der Waals surface area contributed by atoms with Gasteiger partial charge in [0.1, 0.15) is 0 Å². The molecule has 2 heteroatoms. The van der Waals surface area contributed by atoms with E-state index in [1.54, 1.807) is 0 Å². The van der Waals surface area contributed by atoms with Crippen molar-refractivity contribution in [3.05, 3.63) is 265 Å². The van der Waals surface area contributed by atoms with E-state index in [0.717, 1.165) is 50.3 Å². The lowest BCUT2D eigenvalue weighted by Gasteiger charge is -2.34. The minimum Gasteiger partial charge on any atom is -0.228 e. The summed E-state index contributed by atoms with van der Waals surface area (Å²) in [6, 6.07) is 87.1. The van der Waals surface area contributed by atoms with Crippen LogP contribution < -0.4 is 0 Å². The van der Waals surface area contributed by atoms with Gasteiger partial charge >= 0.3 is 0 Å². The Hall–Kier alpha value is -7.94. The SMILES string of the molecule is c1ccc(-c2cccc(-c3cc(-c4cccc(-c5cccc6c5-c5ccccc5C6(c5ccccc5)c5ccccc5)c4)nc(-c4cccc(-c5ccccc5)c4)n3)c2)cc1. The van der Waals surface area contributed by atoms with Crippen molar-refractivity contribution in [2.75, 3.05) is 0 Å². The number of aromatic nitrogens is 2. The Kier molecular flexibility index (Phi) is 9.09. The first-order chi connectivity index (χ1) is 30.2. The average Bonchev–Trinajstić information content (AvgIpc) is 3.66. The van der Waals surface area contributed by atoms with Crippen molar-refractivity contribution in [1.29, 1.82) is 0 Å². The van der Waals surface area contributed by atoms with Gasteiger partial charge in [0.05, 0.1) is 16.8 Å². The van der Waals surface area contributed by atoms with E-state index >= 15 is 0 Å². The van der Waals surface area contributed by atoms with Gasteiger partial charge < -0.3 is 0 Å². The fourth-order valence-corrected chi connectivity index (χ4v) is 9.41. The number of fused-ring (bicyclic) bond motifs is 3. The number of hydrogen-bond donors (Lipinski definition) is 0. The summed E-state index contributed by atoms with van der Waals surface area (Å²) in [5.41, 5.74) is 18.9. The van der Waals surface area contributed by atoms with E-state index in [1.807, 2.05) is 0 Å². The first kappa shape index (κ1) is 36.2. The predicted octanol–water partition coefficient (Wildman–Crippen LogP) is 14.8. The molecule has 0 N–H and O–H groups in total. The minimum atomic E-state index is -0.471. The molecular formula is C59H40N2. The van der Waals surface area contributed by atoms with Gasteiger partial charge in [0.25, 0.3) is 0 Å². The zero-order chi connectivity index (χ0) is 40.6. The van der Waals surface area contributed by atoms with Crippen LogP contribution in [0.1, 0.15) is 22.3 Å². The molecule has 9 aromatic carbocycles. The van der Waals surface area contributed by atoms with Gasteiger partial charge in [0.2, 0.25) is 0 Å². The molecule has 11 rings (SSSR count). The van der Waals surface area contributed by atoms with Gasteiger partial charge in [0.15, 0.2) is 5.82 Å². The summed E-state index contributed by atoms with van der Waals surface area (Å²) in [7, 11) is 0. The third kappa shape index (κ3) is 6.37. The highest BCUT2D eigenvalue weighted by Crippen LogP contribution is 2.58. The Morgan fingerprint density at radius 3 is 1.25 bits per heavy atom. The molecule has 1 aromatic heterocycles. The molecule has 2 nitrogen and oxygen atoms in total. The summed E-state index contributed by atoms with van der Waals surface area (Å²) in [6.45, 7) is 0. The van der Waals surface area contributed by atoms with Gasteiger partial charge in [-0.25, -0.2) is 9.97 Å². The van der Waals surface area contributed by atoms with Crippen molar-refractivity contribution in [1.82, 2.24) is 9.97 Å². The normalized spacial score (nSPS) is 12.4. The molecule has 0 atom stereocenters. The molecule has 0 amide bonds. The van der Waals surface area contributed by atoms with Gasteiger partial charge in [0, 0.05) is 16.7 Å². The highest BCUT2D eigenvalue weighted by atomic mass is 14.9. The van der Waals surface area contributed by atoms with Crippen LogP contribution in [0.2, 0.25) is 0 Å². The molecule has 61 heavy (non-hydrogen) atoms. The van der Waals surface area contributed by atoms with Crippen molar-refractivity contribution >= 4 is 0 Å². The minimum absolute atomic E-state index is 0.471. The molecule has 0 radical (unpaired) electrons. The first-order valence-corrected chi connectivity index (χ1v) is 20.9. The van der Waals surface area contributed by atoms with Gasteiger partial charge in [-0.3, -0.25) is 0 Å². The topological polar surface area (TPSA) is 25.8 Å². The Morgan fingerprint density at radius 1 is 0.262 bits per heavy atom. The average molecular weight is 777 g/mol. The van der Waals surface area contributed by atoms with E-state index in [1.165, 1.54) is 44.5 Å². The second-order valence-corrected chi connectivity index (χ2v) is 15.7. The lowest BCUT2D eigenvalue weighted by atomic mass is 9.67. The highest BCUT2D eigenvalue weighted by molar-refractivity contribution is 5.96. The van der Waals surface area contributed by atoms with Crippen molar-refractivity contribution < 1.29 is 0 Å². The van der Waals surface area contributed by atoms with Crippen molar-refractivity contribution in [3.63, 3.8) is 0 Å². The number of rotatable bonds is 8. The van der Waals surface area contributed by atoms with Crippen LogP contribution in [0.5, 0.6) is 0 Å². The van der Waals surface area contributed by atoms with Gasteiger partial charge in [-0.05, 0) is 91.0 Å². The van der Waals surface area contributed by atoms with Gasteiger partial charge in [-0.15, -0.1) is 0 Å². The Balaban J connectivity index is 1.09. The molecule has 1 heterocycles. The molecule has 286 valence electrons. The third-order valence-corrected chi connectivity index (χ3v) is 12.2. The van der Waals surface area contributed by atoms with Crippen LogP contribution in [-0.2, 0) is 5.41 Å². The Bertz CT molecular complexity index is 3030. The largest absolute Gasteiger partial charge is 0.228 e. The first-order valence-electron chi connectivity index (χ1n) is 20.9. The summed E-state index contributed by atoms with van der Waals surface area (Å²) in [5.74, 6) is 0.686. The molecule has 0 spiro atoms. The molecule has 0 fully saturated rings. The molecule has 0 saturated carbocycles. The second kappa shape index (κ2) is 15.3. The maximum atomic E-state index is 5.35. The summed E-state index contributed by atoms with van der Waals surface area (Å²) in [4.78, 5) is 10.6. The van der Waals surface area contributed by atoms with Crippen molar-refractivity contribution in [2.45, 2.75) is 5.41 Å². The smallest absolute Gasteiger partial charge is 0.160 e. The maximum absolute atomic E-state index is 5.35. The number of hydrogen-bond acceptors (Lipinski definition) is 2. The summed E-state index contributed by atoms with van der Waals surface area (Å²) in [6.07, 6.45) is 0. The molecule has 0 aliphatic heterocycles. The number of nitrogens with zero attached hydrogens (tertiary/aromatic N) is 2. The van der Waals surface area contributed by atoms with E-state index < -0.39 is 5.41 Å². The molecule has 1 aliphatic rings. The van der Waals surface area contributed by atoms with Crippen LogP contribution in [0.3, 0.4) is 0 Å². The molecule has 1 aliphatic carbocycles. The fourth-order valence-electron chi connectivity index (χ4n) is 9.41. The molecule has 10 aromatic rings. The van der Waals surface area contributed by atoms with E-state index in [4.69, 9.17) is 9.97 Å². The second-order valence-electron chi connectivity index (χ2n) is 15.7. The lowest BCUT2D eigenvalue weighted by molar-refractivity contribution is 0.768. The van der Waals surface area contributed by atoms with E-state index in [2.05, 4.69) is 243 Å². The molecular weight excluding hydrogens is 737 g/mol. The zero-order valence-corrected chi connectivity index (χ0v) is 33.5. The van der Waals surface area contributed by atoms with Crippen molar-refractivity contribution in [3.8, 4) is 78.4 Å². The van der Waals surface area contributed by atoms with Gasteiger partial charge in [-0.2, -0.15) is 0 Å². The van der Waals surface area contributed by atoms with Crippen LogP contribution in [0.15, 0.2) is 243 Å². The standard InChI is InChI=1S/C59H40N2/c1-5-19-41(20-6-1)43-23-15-26-46(37-43)55-40-56(61-58(60-55)48-28-16-24-44(38-48)42-21-7-2-8-22-42)47-27-17-25-45(39-47)51-34-18-36-54-57(51)52-33-13-14-35-53(52)59(54,49-29-9-3-10-30-49)50-31-11-4-12-32-50/h1-40H. The predicted molar refractivity (Wildman–Crippen MR) is 252 cm³/mol.